The van der Waals surface area contributed by atoms with Crippen molar-refractivity contribution in [3.8, 4) is 0 Å². The van der Waals surface area contributed by atoms with Gasteiger partial charge < -0.3 is 14.9 Å². The molecule has 0 saturated heterocycles. The summed E-state index contributed by atoms with van der Waals surface area (Å²) in [5.74, 6) is 0. The molecule has 0 amide bonds. The molecule has 152 valence electrons. The van der Waals surface area contributed by atoms with Gasteiger partial charge in [-0.15, -0.1) is 82.9 Å². The van der Waals surface area contributed by atoms with Crippen LogP contribution in [-0.4, -0.2) is 6.88 Å². The van der Waals surface area contributed by atoms with E-state index in [9.17, 15) is 0 Å². The first-order valence-corrected chi connectivity index (χ1v) is 12.4. The molecule has 0 unspecified atom stereocenters. The molecule has 2 radical (unpaired) electrons. The van der Waals surface area contributed by atoms with Crippen molar-refractivity contribution in [1.82, 2.24) is 0 Å². The average molecular weight is 517 g/mol. The Balaban J connectivity index is 0. The molecule has 0 nitrogen and oxygen atoms in total. The molecule has 5 aromatic carbocycles. The van der Waals surface area contributed by atoms with Crippen LogP contribution in [0.3, 0.4) is 0 Å². The van der Waals surface area contributed by atoms with Crippen molar-refractivity contribution in [2.75, 3.05) is 0 Å². The third-order valence-electron chi connectivity index (χ3n) is 4.31. The van der Waals surface area contributed by atoms with E-state index in [1.807, 2.05) is 0 Å². The van der Waals surface area contributed by atoms with Crippen molar-refractivity contribution in [2.24, 2.45) is 0 Å². The predicted molar refractivity (Wildman–Crippen MR) is 134 cm³/mol. The van der Waals surface area contributed by atoms with Gasteiger partial charge in [0, 0.05) is 0 Å². The van der Waals surface area contributed by atoms with Gasteiger partial charge in [-0.2, -0.15) is 23.6 Å². The molecule has 0 atom stereocenters. The average Bonchev–Trinajstić information content (AvgIpc) is 3.29. The van der Waals surface area contributed by atoms with Crippen molar-refractivity contribution < 1.29 is 23.3 Å². The number of rotatable bonds is 0. The SMILES string of the molecule is Cc1cc2ccc3ccccc3c2[cH-]1.Cl.Cl.[CH3-].[CH3-].[Si]=[Zr].c1ccc2[cH-]ccc2c1. The van der Waals surface area contributed by atoms with Crippen LogP contribution < -0.4 is 0 Å². The van der Waals surface area contributed by atoms with Crippen LogP contribution in [-0.2, 0) is 23.3 Å². The zero-order chi connectivity index (χ0) is 17.6. The Bertz CT molecular complexity index is 1080. The molecule has 29 heavy (non-hydrogen) atoms. The summed E-state index contributed by atoms with van der Waals surface area (Å²) in [4.78, 5) is 0. The molecule has 0 spiro atoms. The van der Waals surface area contributed by atoms with Gasteiger partial charge in [0.2, 0.25) is 0 Å². The Kier molecular flexibility index (Phi) is 15.3. The summed E-state index contributed by atoms with van der Waals surface area (Å²) < 4.78 is 0. The van der Waals surface area contributed by atoms with Crippen LogP contribution in [0.2, 0.25) is 0 Å². The minimum Gasteiger partial charge on any atom is -0.168 e. The smallest absolute Gasteiger partial charge is 0.0809 e. The van der Waals surface area contributed by atoms with Crippen molar-refractivity contribution in [1.29, 1.82) is 0 Å². The third-order valence-corrected chi connectivity index (χ3v) is 4.31. The topological polar surface area (TPSA) is 0 Å². The van der Waals surface area contributed by atoms with Crippen LogP contribution in [0.5, 0.6) is 0 Å². The fraction of sp³-hybridized carbons (Fsp3) is 0.0400. The molecule has 0 bridgehead atoms. The molecule has 5 rings (SSSR count). The first kappa shape index (κ1) is 30.0. The second-order valence-corrected chi connectivity index (χ2v) is 5.98. The maximum absolute atomic E-state index is 3.06. The Labute approximate surface area is 204 Å². The monoisotopic (exact) mass is 514 g/mol. The van der Waals surface area contributed by atoms with Crippen LogP contribution in [0.1, 0.15) is 5.56 Å². The second kappa shape index (κ2) is 14.7. The summed E-state index contributed by atoms with van der Waals surface area (Å²) in [5, 5.41) is 8.07. The molecule has 0 saturated carbocycles. The van der Waals surface area contributed by atoms with Crippen LogP contribution in [0, 0.1) is 21.8 Å². The van der Waals surface area contributed by atoms with E-state index in [1.165, 1.54) is 61.2 Å². The number of hydrogen-bond acceptors (Lipinski definition) is 0. The van der Waals surface area contributed by atoms with Crippen molar-refractivity contribution in [2.45, 2.75) is 6.92 Å². The molecule has 0 fully saturated rings. The van der Waals surface area contributed by atoms with E-state index in [0.717, 1.165) is 0 Å². The molecule has 0 aliphatic heterocycles. The molecule has 0 aromatic heterocycles. The summed E-state index contributed by atoms with van der Waals surface area (Å²) in [6.45, 7) is 5.21. The largest absolute Gasteiger partial charge is 0.168 e. The van der Waals surface area contributed by atoms with Gasteiger partial charge in [-0.1, -0.05) is 54.1 Å². The number of aryl methyl sites for hydroxylation is 1. The molecular weight excluding hydrogens is 490 g/mol. The minimum atomic E-state index is 0. The van der Waals surface area contributed by atoms with Crippen molar-refractivity contribution >= 4 is 64.0 Å². The Morgan fingerprint density at radius 3 is 2.00 bits per heavy atom. The van der Waals surface area contributed by atoms with Crippen molar-refractivity contribution in [3.63, 3.8) is 0 Å². The van der Waals surface area contributed by atoms with Crippen LogP contribution >= 0.6 is 24.8 Å². The van der Waals surface area contributed by atoms with Gasteiger partial charge in [0.1, 0.15) is 0 Å². The number of halogens is 2. The van der Waals surface area contributed by atoms with E-state index in [-0.39, 0.29) is 39.7 Å². The van der Waals surface area contributed by atoms with E-state index in [0.29, 0.717) is 0 Å². The van der Waals surface area contributed by atoms with Gasteiger partial charge in [-0.05, 0) is 0 Å². The maximum Gasteiger partial charge on any atom is -0.0809 e. The number of fused-ring (bicyclic) bond motifs is 4. The third kappa shape index (κ3) is 7.23. The zero-order valence-electron chi connectivity index (χ0n) is 17.0. The molecule has 0 aliphatic carbocycles. The summed E-state index contributed by atoms with van der Waals surface area (Å²) in [6.07, 6.45) is 0. The first-order valence-electron chi connectivity index (χ1n) is 8.21. The van der Waals surface area contributed by atoms with Gasteiger partial charge in [-0.25, -0.2) is 0 Å². The number of hydrogen-bond donors (Lipinski definition) is 0. The van der Waals surface area contributed by atoms with E-state index >= 15 is 0 Å². The van der Waals surface area contributed by atoms with Crippen LogP contribution in [0.25, 0.3) is 32.3 Å². The second-order valence-electron chi connectivity index (χ2n) is 5.98. The van der Waals surface area contributed by atoms with Crippen molar-refractivity contribution in [3.05, 3.63) is 111 Å². The quantitative estimate of drug-likeness (QED) is 0.145. The standard InChI is InChI=1S/C14H11.C9H7.2CH3.2ClH.Si.Zr/c1-10-8-12-7-6-11-4-2-3-5-13(11)14(12)9-10;1-2-5-9-7-3-6-8(9)4-1;;;;;;/h2-9H,1H3;1-7H;2*1H3;2*1H;;/q4*-1;;;;. The van der Waals surface area contributed by atoms with Gasteiger partial charge in [0.05, 0.1) is 0 Å². The molecular formula is C25H26Cl2SiZr-4. The Morgan fingerprint density at radius 1 is 0.724 bits per heavy atom. The minimum absolute atomic E-state index is 0. The van der Waals surface area contributed by atoms with E-state index < -0.39 is 0 Å². The van der Waals surface area contributed by atoms with Crippen LogP contribution in [0.15, 0.2) is 91.0 Å². The summed E-state index contributed by atoms with van der Waals surface area (Å²) in [7, 11) is 0. The fourth-order valence-electron chi connectivity index (χ4n) is 3.18. The summed E-state index contributed by atoms with van der Waals surface area (Å²) in [5.41, 5.74) is 1.34. The molecule has 5 aromatic rings. The van der Waals surface area contributed by atoms with E-state index in [1.54, 1.807) is 0 Å². The Morgan fingerprint density at radius 2 is 1.31 bits per heavy atom. The first-order chi connectivity index (χ1) is 12.3. The normalized spacial score (nSPS) is 8.69. The van der Waals surface area contributed by atoms with E-state index in [4.69, 9.17) is 0 Å². The zero-order valence-corrected chi connectivity index (χ0v) is 22.1. The van der Waals surface area contributed by atoms with E-state index in [2.05, 4.69) is 105 Å². The Hall–Kier alpha value is -1.18. The van der Waals surface area contributed by atoms with Gasteiger partial charge in [-0.3, -0.25) is 0 Å². The number of benzene rings is 3. The molecule has 0 heterocycles. The maximum atomic E-state index is 3.06. The van der Waals surface area contributed by atoms with Gasteiger partial charge >= 0.3 is 30.2 Å². The molecule has 4 heteroatoms. The van der Waals surface area contributed by atoms with Gasteiger partial charge in [0.15, 0.2) is 0 Å². The van der Waals surface area contributed by atoms with Gasteiger partial charge in [0.25, 0.3) is 0 Å². The summed E-state index contributed by atoms with van der Waals surface area (Å²) in [6, 6.07) is 32.1. The molecule has 0 aliphatic rings. The predicted octanol–water partition coefficient (Wildman–Crippen LogP) is 7.94. The summed E-state index contributed by atoms with van der Waals surface area (Å²) >= 11 is 1.36. The molecule has 0 N–H and O–H groups in total. The van der Waals surface area contributed by atoms with Crippen LogP contribution in [0.4, 0.5) is 0 Å². The fourth-order valence-corrected chi connectivity index (χ4v) is 3.18.